The normalized spacial score (nSPS) is 24.7. The minimum atomic E-state index is 0.295. The lowest BCUT2D eigenvalue weighted by atomic mass is 9.94. The molecular formula is C11H16N4. The lowest BCUT2D eigenvalue weighted by Crippen LogP contribution is -2.28. The van der Waals surface area contributed by atoms with Gasteiger partial charge in [0.1, 0.15) is 0 Å². The van der Waals surface area contributed by atoms with Gasteiger partial charge in [-0.1, -0.05) is 0 Å². The van der Waals surface area contributed by atoms with Gasteiger partial charge >= 0.3 is 0 Å². The fourth-order valence-corrected chi connectivity index (χ4v) is 2.02. The summed E-state index contributed by atoms with van der Waals surface area (Å²) in [5.41, 5.74) is 8.33. The molecule has 3 rings (SSSR count). The molecule has 0 amide bonds. The molecule has 3 N–H and O–H groups in total. The van der Waals surface area contributed by atoms with E-state index in [0.717, 1.165) is 25.2 Å². The second kappa shape index (κ2) is 3.45. The Morgan fingerprint density at radius 1 is 1.33 bits per heavy atom. The summed E-state index contributed by atoms with van der Waals surface area (Å²) < 4.78 is 0. The van der Waals surface area contributed by atoms with Gasteiger partial charge in [-0.3, -0.25) is 0 Å². The van der Waals surface area contributed by atoms with Gasteiger partial charge in [0.05, 0.1) is 0 Å². The summed E-state index contributed by atoms with van der Waals surface area (Å²) in [6.07, 6.45) is 7.42. The van der Waals surface area contributed by atoms with Crippen molar-refractivity contribution in [1.29, 1.82) is 0 Å². The molecule has 4 nitrogen and oxygen atoms in total. The molecule has 0 radical (unpaired) electrons. The smallest absolute Gasteiger partial charge is 0.223 e. The van der Waals surface area contributed by atoms with Gasteiger partial charge in [0.15, 0.2) is 0 Å². The summed E-state index contributed by atoms with van der Waals surface area (Å²) in [6, 6.07) is 0.914. The zero-order valence-corrected chi connectivity index (χ0v) is 8.74. The number of nitrogens with zero attached hydrogens (tertiary/aromatic N) is 2. The highest BCUT2D eigenvalue weighted by atomic mass is 15.1. The molecule has 0 aromatic carbocycles. The van der Waals surface area contributed by atoms with Crippen LogP contribution in [0.15, 0.2) is 6.20 Å². The van der Waals surface area contributed by atoms with E-state index >= 15 is 0 Å². The van der Waals surface area contributed by atoms with Gasteiger partial charge in [0.25, 0.3) is 0 Å². The van der Waals surface area contributed by atoms with Crippen LogP contribution < -0.4 is 11.1 Å². The van der Waals surface area contributed by atoms with Crippen molar-refractivity contribution in [2.24, 2.45) is 5.73 Å². The molecule has 1 aromatic rings. The number of nitrogens with one attached hydrogen (secondary N) is 1. The van der Waals surface area contributed by atoms with E-state index in [1.54, 1.807) is 0 Å². The Labute approximate surface area is 89.3 Å². The summed E-state index contributed by atoms with van der Waals surface area (Å²) in [5.74, 6) is 0.798. The quantitative estimate of drug-likeness (QED) is 0.750. The Morgan fingerprint density at radius 3 is 3.00 bits per heavy atom. The summed E-state index contributed by atoms with van der Waals surface area (Å²) in [4.78, 5) is 8.88. The Balaban J connectivity index is 1.82. The molecule has 4 heteroatoms. The first kappa shape index (κ1) is 9.09. The van der Waals surface area contributed by atoms with Crippen LogP contribution in [0.1, 0.15) is 30.5 Å². The number of fused-ring (bicyclic) bond motifs is 1. The third-order valence-corrected chi connectivity index (χ3v) is 3.10. The predicted molar refractivity (Wildman–Crippen MR) is 58.7 cm³/mol. The van der Waals surface area contributed by atoms with Crippen LogP contribution in [0.5, 0.6) is 0 Å². The first-order chi connectivity index (χ1) is 7.31. The van der Waals surface area contributed by atoms with E-state index in [9.17, 15) is 0 Å². The van der Waals surface area contributed by atoms with Crippen LogP contribution in [0.3, 0.4) is 0 Å². The lowest BCUT2D eigenvalue weighted by molar-refractivity contribution is 0.564. The Bertz CT molecular complexity index is 373. The molecular weight excluding hydrogens is 188 g/mol. The van der Waals surface area contributed by atoms with Crippen LogP contribution in [-0.2, 0) is 12.8 Å². The fraction of sp³-hybridized carbons (Fsp3) is 0.636. The molecule has 0 spiro atoms. The summed E-state index contributed by atoms with van der Waals surface area (Å²) in [7, 11) is 0. The number of hydrogen-bond acceptors (Lipinski definition) is 4. The SMILES string of the molecule is N[C@@H]1CCc2nc(NC3CC3)ncc2C1. The number of anilines is 1. The second-order valence-electron chi connectivity index (χ2n) is 4.59. The molecule has 0 saturated heterocycles. The average Bonchev–Trinajstić information content (AvgIpc) is 3.02. The maximum Gasteiger partial charge on any atom is 0.223 e. The van der Waals surface area contributed by atoms with Crippen molar-refractivity contribution < 1.29 is 0 Å². The van der Waals surface area contributed by atoms with Crippen molar-refractivity contribution in [2.45, 2.75) is 44.2 Å². The molecule has 1 aromatic heterocycles. The van der Waals surface area contributed by atoms with Crippen molar-refractivity contribution in [3.8, 4) is 0 Å². The zero-order valence-electron chi connectivity index (χ0n) is 8.74. The molecule has 1 atom stereocenters. The van der Waals surface area contributed by atoms with Crippen LogP contribution in [0, 0.1) is 0 Å². The van der Waals surface area contributed by atoms with Crippen molar-refractivity contribution in [3.05, 3.63) is 17.5 Å². The standard InChI is InChI=1S/C11H16N4/c12-8-1-4-10-7(5-8)6-13-11(15-10)14-9-2-3-9/h6,8-9H,1-5,12H2,(H,13,14,15)/t8-/m1/s1. The summed E-state index contributed by atoms with van der Waals surface area (Å²) in [6.45, 7) is 0. The maximum absolute atomic E-state index is 5.91. The lowest BCUT2D eigenvalue weighted by Gasteiger charge is -2.20. The van der Waals surface area contributed by atoms with Gasteiger partial charge in [0.2, 0.25) is 5.95 Å². The molecule has 0 bridgehead atoms. The number of aryl methyl sites for hydroxylation is 1. The van der Waals surface area contributed by atoms with Crippen molar-refractivity contribution in [3.63, 3.8) is 0 Å². The molecule has 0 unspecified atom stereocenters. The van der Waals surface area contributed by atoms with Gasteiger partial charge in [-0.2, -0.15) is 0 Å². The van der Waals surface area contributed by atoms with Crippen molar-refractivity contribution >= 4 is 5.95 Å². The Hall–Kier alpha value is -1.16. The summed E-state index contributed by atoms with van der Waals surface area (Å²) >= 11 is 0. The van der Waals surface area contributed by atoms with Crippen molar-refractivity contribution in [1.82, 2.24) is 9.97 Å². The van der Waals surface area contributed by atoms with E-state index in [0.29, 0.717) is 12.1 Å². The molecule has 15 heavy (non-hydrogen) atoms. The highest BCUT2D eigenvalue weighted by molar-refractivity contribution is 5.33. The molecule has 1 fully saturated rings. The average molecular weight is 204 g/mol. The van der Waals surface area contributed by atoms with E-state index in [1.807, 2.05) is 6.20 Å². The zero-order chi connectivity index (χ0) is 10.3. The van der Waals surface area contributed by atoms with Crippen LogP contribution in [-0.4, -0.2) is 22.1 Å². The van der Waals surface area contributed by atoms with Crippen LogP contribution in [0.25, 0.3) is 0 Å². The fourth-order valence-electron chi connectivity index (χ4n) is 2.02. The van der Waals surface area contributed by atoms with E-state index in [2.05, 4.69) is 15.3 Å². The number of hydrogen-bond donors (Lipinski definition) is 2. The van der Waals surface area contributed by atoms with Gasteiger partial charge in [-0.25, -0.2) is 9.97 Å². The molecule has 0 aliphatic heterocycles. The minimum absolute atomic E-state index is 0.295. The van der Waals surface area contributed by atoms with Crippen LogP contribution >= 0.6 is 0 Å². The highest BCUT2D eigenvalue weighted by Gasteiger charge is 2.23. The molecule has 2 aliphatic rings. The van der Waals surface area contributed by atoms with Crippen LogP contribution in [0.4, 0.5) is 5.95 Å². The Morgan fingerprint density at radius 2 is 2.20 bits per heavy atom. The highest BCUT2D eigenvalue weighted by Crippen LogP contribution is 2.24. The first-order valence-electron chi connectivity index (χ1n) is 5.68. The van der Waals surface area contributed by atoms with Crippen LogP contribution in [0.2, 0.25) is 0 Å². The van der Waals surface area contributed by atoms with Gasteiger partial charge < -0.3 is 11.1 Å². The third kappa shape index (κ3) is 1.95. The number of nitrogens with two attached hydrogens (primary N) is 1. The molecule has 2 aliphatic carbocycles. The minimum Gasteiger partial charge on any atom is -0.351 e. The van der Waals surface area contributed by atoms with E-state index in [-0.39, 0.29) is 0 Å². The predicted octanol–water partition coefficient (Wildman–Crippen LogP) is 0.867. The monoisotopic (exact) mass is 204 g/mol. The van der Waals surface area contributed by atoms with Crippen molar-refractivity contribution in [2.75, 3.05) is 5.32 Å². The van der Waals surface area contributed by atoms with Gasteiger partial charge in [0, 0.05) is 24.0 Å². The van der Waals surface area contributed by atoms with Gasteiger partial charge in [-0.15, -0.1) is 0 Å². The molecule has 80 valence electrons. The first-order valence-corrected chi connectivity index (χ1v) is 5.68. The van der Waals surface area contributed by atoms with E-state index < -0.39 is 0 Å². The number of rotatable bonds is 2. The summed E-state index contributed by atoms with van der Waals surface area (Å²) in [5, 5.41) is 3.32. The van der Waals surface area contributed by atoms with E-state index in [1.165, 1.54) is 24.1 Å². The largest absolute Gasteiger partial charge is 0.351 e. The molecule has 1 heterocycles. The van der Waals surface area contributed by atoms with E-state index in [4.69, 9.17) is 5.73 Å². The second-order valence-corrected chi connectivity index (χ2v) is 4.59. The van der Waals surface area contributed by atoms with Gasteiger partial charge in [-0.05, 0) is 37.7 Å². The maximum atomic E-state index is 5.91. The number of aromatic nitrogens is 2. The Kier molecular flexibility index (Phi) is 2.09. The molecule has 1 saturated carbocycles. The third-order valence-electron chi connectivity index (χ3n) is 3.10. The topological polar surface area (TPSA) is 63.8 Å².